The molecule has 0 saturated heterocycles. The lowest BCUT2D eigenvalue weighted by molar-refractivity contribution is 0.0221. The molecule has 0 unspecified atom stereocenters. The van der Waals surface area contributed by atoms with Crippen LogP contribution in [0.2, 0.25) is 6.04 Å². The maximum atomic E-state index is 7.57. The maximum absolute atomic E-state index is 7.57. The molecule has 4 nitrogen and oxygen atoms in total. The highest BCUT2D eigenvalue weighted by atomic mass is 28.4. The van der Waals surface area contributed by atoms with Crippen LogP contribution >= 0.6 is 0 Å². The van der Waals surface area contributed by atoms with Crippen molar-refractivity contribution in [1.29, 1.82) is 0 Å². The third-order valence-corrected chi connectivity index (χ3v) is 18.2. The maximum Gasteiger partial charge on any atom is 0.501 e. The fourth-order valence-corrected chi connectivity index (χ4v) is 13.0. The molecule has 0 aromatic heterocycles. The molecule has 446 valence electrons. The lowest BCUT2D eigenvalue weighted by atomic mass is 9.96. The molecule has 0 aliphatic carbocycles. The summed E-state index contributed by atoms with van der Waals surface area (Å²) in [6.07, 6.45) is 83.2. The molecular weight excluding hydrogens is 943 g/mol. The Hall–Kier alpha value is -1.50. The Kier molecular flexibility index (Phi) is 59.9. The topological polar surface area (TPSA) is 30.9 Å². The molecule has 0 aliphatic rings. The van der Waals surface area contributed by atoms with Crippen molar-refractivity contribution in [2.24, 2.45) is 17.8 Å². The first-order valence-corrected chi connectivity index (χ1v) is 35.8. The van der Waals surface area contributed by atoms with Crippen LogP contribution in [0.1, 0.15) is 318 Å². The van der Waals surface area contributed by atoms with Gasteiger partial charge in [-0.1, -0.05) is 192 Å². The number of rotatable bonds is 61. The predicted molar refractivity (Wildman–Crippen MR) is 345 cm³/mol. The monoisotopic (exact) mass is 1080 g/mol. The molecule has 0 N–H and O–H groups in total. The van der Waals surface area contributed by atoms with Gasteiger partial charge in [0.1, 0.15) is 0 Å². The van der Waals surface area contributed by atoms with Gasteiger partial charge in [0.25, 0.3) is 0 Å². The summed E-state index contributed by atoms with van der Waals surface area (Å²) in [5.41, 5.74) is 0. The lowest BCUT2D eigenvalue weighted by Gasteiger charge is -2.34. The van der Waals surface area contributed by atoms with Crippen LogP contribution < -0.4 is 0 Å². The van der Waals surface area contributed by atoms with Crippen LogP contribution in [-0.4, -0.2) is 54.2 Å². The Morgan fingerprint density at radius 1 is 0.276 bits per heavy atom. The summed E-state index contributed by atoms with van der Waals surface area (Å²) in [6.45, 7) is 17.1. The number of hydrogen-bond donors (Lipinski definition) is 0. The Balaban J connectivity index is 6.91. The molecule has 0 rings (SSSR count). The summed E-state index contributed by atoms with van der Waals surface area (Å²) in [5, 5.41) is 0. The van der Waals surface area contributed by atoms with Crippen molar-refractivity contribution >= 4 is 8.80 Å². The zero-order valence-corrected chi connectivity index (χ0v) is 53.8. The summed E-state index contributed by atoms with van der Waals surface area (Å²) < 4.78 is 22.7. The van der Waals surface area contributed by atoms with Gasteiger partial charge < -0.3 is 18.2 Å². The van der Waals surface area contributed by atoms with Crippen LogP contribution in [0.3, 0.4) is 0 Å². The van der Waals surface area contributed by atoms with Gasteiger partial charge in [0.15, 0.2) is 0 Å². The van der Waals surface area contributed by atoms with Gasteiger partial charge in [0, 0.05) is 25.9 Å². The van der Waals surface area contributed by atoms with E-state index in [9.17, 15) is 0 Å². The van der Waals surface area contributed by atoms with E-state index in [1.807, 2.05) is 0 Å². The van der Waals surface area contributed by atoms with Crippen LogP contribution in [-0.2, 0) is 13.3 Å². The molecule has 5 heteroatoms. The lowest BCUT2D eigenvalue weighted by Crippen LogP contribution is -2.49. The first-order chi connectivity index (χ1) is 37.4. The highest BCUT2D eigenvalue weighted by Gasteiger charge is 2.42. The summed E-state index contributed by atoms with van der Waals surface area (Å²) in [4.78, 5) is 2.34. The minimum Gasteiger partial charge on any atom is -0.373 e. The second-order valence-corrected chi connectivity index (χ2v) is 26.2. The molecule has 0 radical (unpaired) electrons. The smallest absolute Gasteiger partial charge is 0.373 e. The molecular formula is C71H135NO3Si. The van der Waals surface area contributed by atoms with E-state index in [2.05, 4.69) is 133 Å². The number of hydrogen-bond acceptors (Lipinski definition) is 4. The van der Waals surface area contributed by atoms with Crippen molar-refractivity contribution in [3.63, 3.8) is 0 Å². The van der Waals surface area contributed by atoms with Crippen molar-refractivity contribution in [3.05, 3.63) is 72.9 Å². The Morgan fingerprint density at radius 3 is 0.658 bits per heavy atom. The van der Waals surface area contributed by atoms with Gasteiger partial charge in [0.2, 0.25) is 0 Å². The van der Waals surface area contributed by atoms with Crippen molar-refractivity contribution < 1.29 is 13.3 Å². The van der Waals surface area contributed by atoms with E-state index in [0.29, 0.717) is 17.8 Å². The molecule has 0 amide bonds. The average Bonchev–Trinajstić information content (AvgIpc) is 3.42. The minimum absolute atomic E-state index is 0.517. The predicted octanol–water partition coefficient (Wildman–Crippen LogP) is 23.6. The molecule has 0 saturated carbocycles. The molecule has 0 heterocycles. The largest absolute Gasteiger partial charge is 0.501 e. The second kappa shape index (κ2) is 61.1. The molecule has 76 heavy (non-hydrogen) atoms. The van der Waals surface area contributed by atoms with Gasteiger partial charge in [0.05, 0.1) is 0 Å². The van der Waals surface area contributed by atoms with Crippen LogP contribution in [0.4, 0.5) is 0 Å². The first-order valence-electron chi connectivity index (χ1n) is 33.9. The Morgan fingerprint density at radius 2 is 0.474 bits per heavy atom. The molecule has 0 aromatic carbocycles. The molecule has 0 atom stereocenters. The second-order valence-electron chi connectivity index (χ2n) is 23.5. The van der Waals surface area contributed by atoms with E-state index >= 15 is 0 Å². The van der Waals surface area contributed by atoms with Gasteiger partial charge in [-0.3, -0.25) is 0 Å². The van der Waals surface area contributed by atoms with Gasteiger partial charge in [-0.2, -0.15) is 0 Å². The van der Waals surface area contributed by atoms with Gasteiger partial charge in [-0.05, 0) is 237 Å². The molecule has 0 bridgehead atoms. The Bertz CT molecular complexity index is 1090. The first kappa shape index (κ1) is 74.5. The number of allylic oxidation sites excluding steroid dienone is 12. The SMILES string of the molecule is CCCCC/C=C\CCCC(CCC/C=C\CCCCC)CO[Si](CCCN(C)C)(OCC(CCC/C=C\CCCCC)CCC/C=C\CCCCC)OCC(CCC/C=C\CCCCC)CCC/C=C\CCCCC. The summed E-state index contributed by atoms with van der Waals surface area (Å²) in [6, 6.07) is 0.903. The van der Waals surface area contributed by atoms with E-state index in [-0.39, 0.29) is 0 Å². The third-order valence-electron chi connectivity index (χ3n) is 15.5. The standard InChI is InChI=1S/C71H135NO3Si/c1-9-15-21-27-33-39-45-51-58-69(59-52-46-40-34-28-22-16-10-2)66-73-76(65-57-64-72(7)8,74-67-70(60-53-47-41-35-29-23-17-11-3)61-54-48-42-36-30-24-18-12-4)75-68-71(62-55-49-43-37-31-25-19-13-5)63-56-50-44-38-32-26-20-14-6/h33-44,69-71H,9-32,45-68H2,1-8H3/b39-33-,40-34-,41-35-,42-36-,43-37-,44-38-. The summed E-state index contributed by atoms with van der Waals surface area (Å²) >= 11 is 0. The van der Waals surface area contributed by atoms with Crippen LogP contribution in [0, 0.1) is 17.8 Å². The van der Waals surface area contributed by atoms with Crippen molar-refractivity contribution in [2.75, 3.05) is 40.5 Å². The highest BCUT2D eigenvalue weighted by Crippen LogP contribution is 2.29. The zero-order valence-electron chi connectivity index (χ0n) is 52.8. The fraction of sp³-hybridized carbons (Fsp3) is 0.831. The van der Waals surface area contributed by atoms with E-state index in [1.165, 1.54) is 270 Å². The molecule has 0 spiro atoms. The van der Waals surface area contributed by atoms with Crippen molar-refractivity contribution in [1.82, 2.24) is 4.90 Å². The van der Waals surface area contributed by atoms with Crippen molar-refractivity contribution in [2.45, 2.75) is 324 Å². The number of unbranched alkanes of at least 4 members (excludes halogenated alkanes) is 24. The van der Waals surface area contributed by atoms with E-state index in [1.54, 1.807) is 0 Å². The van der Waals surface area contributed by atoms with Gasteiger partial charge in [-0.25, -0.2) is 0 Å². The normalized spacial score (nSPS) is 12.9. The van der Waals surface area contributed by atoms with E-state index in [4.69, 9.17) is 13.3 Å². The van der Waals surface area contributed by atoms with Gasteiger partial charge in [-0.15, -0.1) is 0 Å². The summed E-state index contributed by atoms with van der Waals surface area (Å²) in [7, 11) is 1.34. The van der Waals surface area contributed by atoms with Crippen LogP contribution in [0.15, 0.2) is 72.9 Å². The molecule has 0 aliphatic heterocycles. The highest BCUT2D eigenvalue weighted by molar-refractivity contribution is 6.60. The van der Waals surface area contributed by atoms with Crippen molar-refractivity contribution in [3.8, 4) is 0 Å². The Labute approximate surface area is 479 Å². The summed E-state index contributed by atoms with van der Waals surface area (Å²) in [5.74, 6) is 1.55. The van der Waals surface area contributed by atoms with E-state index in [0.717, 1.165) is 38.8 Å². The minimum atomic E-state index is -3.10. The van der Waals surface area contributed by atoms with Crippen LogP contribution in [0.25, 0.3) is 0 Å². The fourth-order valence-electron chi connectivity index (χ4n) is 10.3. The van der Waals surface area contributed by atoms with E-state index < -0.39 is 8.80 Å². The quantitative estimate of drug-likeness (QED) is 0.0345. The molecule has 0 aromatic rings. The van der Waals surface area contributed by atoms with Crippen LogP contribution in [0.5, 0.6) is 0 Å². The molecule has 0 fully saturated rings. The van der Waals surface area contributed by atoms with Gasteiger partial charge >= 0.3 is 8.80 Å². The number of nitrogens with zero attached hydrogens (tertiary/aromatic N) is 1. The zero-order chi connectivity index (χ0) is 55.4. The third kappa shape index (κ3) is 53.2. The average molecular weight is 1080 g/mol.